The standard InChI is InChI=1S/C29H39ClN2O4/c1-7-35-28(33)25-23(29(3,4)5)26(24(32-25)21-12-9-13-22(30)17(21)2)36-16-20-14-19(18-10-8-11-18)15-31-27(20)34-6/h9,12-15,18,23-26,32H,7-8,10-11,16H2,1-6H3/t23-,24+,25+,26+/m1/s1. The van der Waals surface area contributed by atoms with E-state index in [-0.39, 0.29) is 29.4 Å². The van der Waals surface area contributed by atoms with Crippen molar-refractivity contribution in [2.45, 2.75) is 84.6 Å². The zero-order chi connectivity index (χ0) is 26.0. The Morgan fingerprint density at radius 1 is 1.25 bits per heavy atom. The molecule has 0 unspecified atom stereocenters. The minimum Gasteiger partial charge on any atom is -0.481 e. The molecule has 2 aliphatic rings. The first kappa shape index (κ1) is 26.9. The number of hydrogen-bond donors (Lipinski definition) is 1. The number of benzene rings is 1. The average molecular weight is 515 g/mol. The summed E-state index contributed by atoms with van der Waals surface area (Å²) < 4.78 is 17.8. The highest BCUT2D eigenvalue weighted by molar-refractivity contribution is 6.31. The van der Waals surface area contributed by atoms with Crippen molar-refractivity contribution in [3.05, 3.63) is 57.7 Å². The first-order valence-electron chi connectivity index (χ1n) is 13.0. The number of nitrogens with one attached hydrogen (secondary N) is 1. The summed E-state index contributed by atoms with van der Waals surface area (Å²) in [5, 5.41) is 4.27. The van der Waals surface area contributed by atoms with Gasteiger partial charge in [-0.2, -0.15) is 0 Å². The van der Waals surface area contributed by atoms with Crippen molar-refractivity contribution in [2.75, 3.05) is 13.7 Å². The van der Waals surface area contributed by atoms with E-state index in [1.54, 1.807) is 7.11 Å². The summed E-state index contributed by atoms with van der Waals surface area (Å²) in [5.41, 5.74) is 3.95. The summed E-state index contributed by atoms with van der Waals surface area (Å²) in [6.45, 7) is 10.9. The Hall–Kier alpha value is -2.15. The quantitative estimate of drug-likeness (QED) is 0.426. The van der Waals surface area contributed by atoms with Gasteiger partial charge in [-0.15, -0.1) is 0 Å². The Bertz CT molecular complexity index is 1080. The Kier molecular flexibility index (Phi) is 8.28. The monoisotopic (exact) mass is 514 g/mol. The molecule has 4 rings (SSSR count). The molecule has 0 amide bonds. The van der Waals surface area contributed by atoms with E-state index in [0.29, 0.717) is 30.0 Å². The average Bonchev–Trinajstić information content (AvgIpc) is 3.18. The first-order valence-corrected chi connectivity index (χ1v) is 13.4. The van der Waals surface area contributed by atoms with Gasteiger partial charge in [0.15, 0.2) is 0 Å². The summed E-state index contributed by atoms with van der Waals surface area (Å²) >= 11 is 6.51. The van der Waals surface area contributed by atoms with Crippen LogP contribution in [0.4, 0.5) is 0 Å². The van der Waals surface area contributed by atoms with Gasteiger partial charge in [0.1, 0.15) is 6.04 Å². The highest BCUT2D eigenvalue weighted by Crippen LogP contribution is 2.46. The van der Waals surface area contributed by atoms with E-state index in [9.17, 15) is 4.79 Å². The van der Waals surface area contributed by atoms with Crippen LogP contribution in [0, 0.1) is 18.3 Å². The molecule has 1 N–H and O–H groups in total. The predicted molar refractivity (Wildman–Crippen MR) is 141 cm³/mol. The summed E-state index contributed by atoms with van der Waals surface area (Å²) in [5.74, 6) is 0.759. The molecular weight excluding hydrogens is 476 g/mol. The smallest absolute Gasteiger partial charge is 0.323 e. The van der Waals surface area contributed by atoms with E-state index in [1.807, 2.05) is 32.2 Å². The van der Waals surface area contributed by atoms with Crippen LogP contribution >= 0.6 is 11.6 Å². The lowest BCUT2D eigenvalue weighted by Crippen LogP contribution is -2.44. The number of nitrogens with zero attached hydrogens (tertiary/aromatic N) is 1. The van der Waals surface area contributed by atoms with Crippen LogP contribution in [0.2, 0.25) is 5.02 Å². The van der Waals surface area contributed by atoms with E-state index >= 15 is 0 Å². The van der Waals surface area contributed by atoms with Gasteiger partial charge in [-0.25, -0.2) is 4.98 Å². The van der Waals surface area contributed by atoms with Crippen molar-refractivity contribution >= 4 is 17.6 Å². The van der Waals surface area contributed by atoms with E-state index in [0.717, 1.165) is 16.7 Å². The number of carbonyl (C=O) groups excluding carboxylic acids is 1. The molecular formula is C29H39ClN2O4. The van der Waals surface area contributed by atoms with E-state index in [4.69, 9.17) is 25.8 Å². The third-order valence-electron chi connectivity index (χ3n) is 7.73. The van der Waals surface area contributed by atoms with Gasteiger partial charge in [0.25, 0.3) is 0 Å². The van der Waals surface area contributed by atoms with Gasteiger partial charge in [0, 0.05) is 22.7 Å². The number of carbonyl (C=O) groups is 1. The molecule has 2 heterocycles. The summed E-state index contributed by atoms with van der Waals surface area (Å²) in [7, 11) is 1.64. The van der Waals surface area contributed by atoms with Gasteiger partial charge in [-0.05, 0) is 66.8 Å². The van der Waals surface area contributed by atoms with Crippen LogP contribution < -0.4 is 10.1 Å². The SMILES string of the molecule is CCOC(=O)[C@H]1N[C@@H](c2cccc(Cl)c2C)[C@@H](OCc2cc(C3CCC3)cnc2OC)[C@@H]1C(C)(C)C. The fraction of sp³-hybridized carbons (Fsp3) is 0.586. The third kappa shape index (κ3) is 5.41. The minimum absolute atomic E-state index is 0.131. The number of methoxy groups -OCH3 is 1. The van der Waals surface area contributed by atoms with Crippen LogP contribution in [0.15, 0.2) is 30.5 Å². The second-order valence-electron chi connectivity index (χ2n) is 11.1. The molecule has 7 heteroatoms. The largest absolute Gasteiger partial charge is 0.481 e. The van der Waals surface area contributed by atoms with E-state index in [1.165, 1.54) is 24.8 Å². The normalized spacial score (nSPS) is 24.4. The van der Waals surface area contributed by atoms with Crippen molar-refractivity contribution in [3.63, 3.8) is 0 Å². The van der Waals surface area contributed by atoms with Crippen molar-refractivity contribution in [1.82, 2.24) is 10.3 Å². The van der Waals surface area contributed by atoms with Crippen LogP contribution in [0.25, 0.3) is 0 Å². The van der Waals surface area contributed by atoms with Crippen molar-refractivity contribution in [1.29, 1.82) is 0 Å². The van der Waals surface area contributed by atoms with Gasteiger partial charge in [-0.3, -0.25) is 10.1 Å². The molecule has 4 atom stereocenters. The zero-order valence-electron chi connectivity index (χ0n) is 22.3. The Balaban J connectivity index is 1.70. The highest BCUT2D eigenvalue weighted by atomic mass is 35.5. The molecule has 0 radical (unpaired) electrons. The lowest BCUT2D eigenvalue weighted by Gasteiger charge is -2.35. The van der Waals surface area contributed by atoms with Crippen LogP contribution in [-0.2, 0) is 20.9 Å². The highest BCUT2D eigenvalue weighted by Gasteiger charge is 2.53. The van der Waals surface area contributed by atoms with Crippen LogP contribution in [0.3, 0.4) is 0 Å². The lowest BCUT2D eigenvalue weighted by atomic mass is 9.73. The summed E-state index contributed by atoms with van der Waals surface area (Å²) in [6, 6.07) is 7.34. The van der Waals surface area contributed by atoms with E-state index < -0.39 is 6.04 Å². The molecule has 1 saturated carbocycles. The number of esters is 1. The molecule has 1 aliphatic carbocycles. The number of hydrogen-bond acceptors (Lipinski definition) is 6. The maximum absolute atomic E-state index is 13.1. The maximum Gasteiger partial charge on any atom is 0.323 e. The van der Waals surface area contributed by atoms with Crippen LogP contribution in [0.5, 0.6) is 5.88 Å². The molecule has 1 aromatic carbocycles. The van der Waals surface area contributed by atoms with Gasteiger partial charge in [0.05, 0.1) is 32.5 Å². The van der Waals surface area contributed by atoms with Gasteiger partial charge in [-0.1, -0.05) is 50.9 Å². The van der Waals surface area contributed by atoms with Crippen molar-refractivity contribution < 1.29 is 19.0 Å². The second kappa shape index (κ2) is 11.1. The van der Waals surface area contributed by atoms with Gasteiger partial charge >= 0.3 is 5.97 Å². The predicted octanol–water partition coefficient (Wildman–Crippen LogP) is 6.14. The molecule has 196 valence electrons. The number of rotatable bonds is 8. The first-order chi connectivity index (χ1) is 17.2. The van der Waals surface area contributed by atoms with Crippen LogP contribution in [-0.4, -0.2) is 36.8 Å². The Morgan fingerprint density at radius 2 is 2.00 bits per heavy atom. The van der Waals surface area contributed by atoms with Gasteiger partial charge in [0.2, 0.25) is 5.88 Å². The number of ether oxygens (including phenoxy) is 3. The van der Waals surface area contributed by atoms with Gasteiger partial charge < -0.3 is 14.2 Å². The van der Waals surface area contributed by atoms with Crippen molar-refractivity contribution in [2.24, 2.45) is 11.3 Å². The molecule has 0 spiro atoms. The summed E-state index contributed by atoms with van der Waals surface area (Å²) in [6.07, 6.45) is 5.29. The van der Waals surface area contributed by atoms with E-state index in [2.05, 4.69) is 43.2 Å². The molecule has 1 aliphatic heterocycles. The number of halogens is 1. The number of aromatic nitrogens is 1. The fourth-order valence-electron chi connectivity index (χ4n) is 5.61. The molecule has 2 aromatic rings. The number of pyridine rings is 1. The topological polar surface area (TPSA) is 69.7 Å². The third-order valence-corrected chi connectivity index (χ3v) is 8.14. The minimum atomic E-state index is -0.500. The molecule has 1 saturated heterocycles. The second-order valence-corrected chi connectivity index (χ2v) is 11.5. The maximum atomic E-state index is 13.1. The molecule has 6 nitrogen and oxygen atoms in total. The Labute approximate surface area is 220 Å². The molecule has 1 aromatic heterocycles. The fourth-order valence-corrected chi connectivity index (χ4v) is 5.79. The Morgan fingerprint density at radius 3 is 2.61 bits per heavy atom. The van der Waals surface area contributed by atoms with Crippen molar-refractivity contribution in [3.8, 4) is 5.88 Å². The summed E-state index contributed by atoms with van der Waals surface area (Å²) in [4.78, 5) is 17.7. The zero-order valence-corrected chi connectivity index (χ0v) is 23.0. The molecule has 2 fully saturated rings. The molecule has 36 heavy (non-hydrogen) atoms. The molecule has 0 bridgehead atoms. The van der Waals surface area contributed by atoms with Crippen LogP contribution in [0.1, 0.15) is 81.2 Å². The lowest BCUT2D eigenvalue weighted by molar-refractivity contribution is -0.148.